The van der Waals surface area contributed by atoms with Gasteiger partial charge in [-0.25, -0.2) is 4.79 Å². The second kappa shape index (κ2) is 7.77. The minimum Gasteiger partial charge on any atom is -0.444 e. The largest absolute Gasteiger partial charge is 0.494 e. The third kappa shape index (κ3) is 4.27. The van der Waals surface area contributed by atoms with Crippen LogP contribution >= 0.6 is 0 Å². The molecular weight excluding hydrogens is 407 g/mol. The fourth-order valence-corrected chi connectivity index (χ4v) is 4.49. The lowest BCUT2D eigenvalue weighted by atomic mass is 9.78. The standard InChI is InChI=1S/C24H35BN2O5/c1-22(2,3)30-21(29)27-12-8-9-18(27)15-26-14-16-10-11-17(13-19(16)20(26)28)25-31-23(4,5)24(6,7)32-25/h10-11,13,18H,8-9,12,14-15H2,1-7H3. The van der Waals surface area contributed by atoms with E-state index in [4.69, 9.17) is 14.0 Å². The van der Waals surface area contributed by atoms with Crippen molar-refractivity contribution in [1.82, 2.24) is 9.80 Å². The van der Waals surface area contributed by atoms with E-state index in [2.05, 4.69) is 0 Å². The minimum absolute atomic E-state index is 0.00518. The van der Waals surface area contributed by atoms with Crippen LogP contribution in [-0.2, 0) is 20.6 Å². The van der Waals surface area contributed by atoms with E-state index in [1.807, 2.05) is 71.6 Å². The molecule has 8 heteroatoms. The van der Waals surface area contributed by atoms with Crippen LogP contribution in [0.15, 0.2) is 18.2 Å². The van der Waals surface area contributed by atoms with Crippen LogP contribution in [0.3, 0.4) is 0 Å². The van der Waals surface area contributed by atoms with Crippen molar-refractivity contribution in [2.24, 2.45) is 0 Å². The number of nitrogens with zero attached hydrogens (tertiary/aromatic N) is 2. The molecule has 3 heterocycles. The van der Waals surface area contributed by atoms with Gasteiger partial charge >= 0.3 is 13.2 Å². The number of ether oxygens (including phenoxy) is 1. The van der Waals surface area contributed by atoms with Crippen molar-refractivity contribution < 1.29 is 23.6 Å². The van der Waals surface area contributed by atoms with Gasteiger partial charge in [-0.15, -0.1) is 0 Å². The molecule has 0 bridgehead atoms. The maximum atomic E-state index is 13.2. The third-order valence-electron chi connectivity index (χ3n) is 6.97. The van der Waals surface area contributed by atoms with Crippen molar-refractivity contribution in [3.05, 3.63) is 29.3 Å². The van der Waals surface area contributed by atoms with E-state index in [0.717, 1.165) is 23.9 Å². The molecule has 3 aliphatic rings. The minimum atomic E-state index is -0.534. The van der Waals surface area contributed by atoms with Gasteiger partial charge in [0.05, 0.1) is 17.2 Å². The molecule has 2 amide bonds. The molecule has 0 N–H and O–H groups in total. The molecule has 1 atom stereocenters. The van der Waals surface area contributed by atoms with Gasteiger partial charge in [-0.3, -0.25) is 4.79 Å². The quantitative estimate of drug-likeness (QED) is 0.672. The van der Waals surface area contributed by atoms with E-state index < -0.39 is 23.9 Å². The van der Waals surface area contributed by atoms with Gasteiger partial charge in [0.25, 0.3) is 5.91 Å². The molecule has 7 nitrogen and oxygen atoms in total. The molecule has 32 heavy (non-hydrogen) atoms. The van der Waals surface area contributed by atoms with E-state index in [-0.39, 0.29) is 18.0 Å². The monoisotopic (exact) mass is 442 g/mol. The molecule has 1 aromatic rings. The summed E-state index contributed by atoms with van der Waals surface area (Å²) in [7, 11) is -0.496. The molecule has 0 aliphatic carbocycles. The van der Waals surface area contributed by atoms with Gasteiger partial charge in [0.1, 0.15) is 5.60 Å². The third-order valence-corrected chi connectivity index (χ3v) is 6.97. The maximum absolute atomic E-state index is 13.2. The van der Waals surface area contributed by atoms with Crippen LogP contribution < -0.4 is 5.46 Å². The average molecular weight is 442 g/mol. The van der Waals surface area contributed by atoms with Gasteiger partial charge in [0.15, 0.2) is 0 Å². The molecule has 0 saturated carbocycles. The summed E-state index contributed by atoms with van der Waals surface area (Å²) in [5.41, 5.74) is 1.15. The second-order valence-corrected chi connectivity index (χ2v) is 11.2. The predicted octanol–water partition coefficient (Wildman–Crippen LogP) is 3.34. The molecule has 4 rings (SSSR count). The number of benzene rings is 1. The first-order valence-corrected chi connectivity index (χ1v) is 11.5. The van der Waals surface area contributed by atoms with Crippen molar-refractivity contribution in [3.63, 3.8) is 0 Å². The number of rotatable bonds is 3. The first kappa shape index (κ1) is 23.1. The Bertz CT molecular complexity index is 907. The lowest BCUT2D eigenvalue weighted by Gasteiger charge is -2.32. The fourth-order valence-electron chi connectivity index (χ4n) is 4.49. The normalized spacial score (nSPS) is 24.3. The van der Waals surface area contributed by atoms with E-state index in [0.29, 0.717) is 25.2 Å². The van der Waals surface area contributed by atoms with E-state index in [9.17, 15) is 9.59 Å². The smallest absolute Gasteiger partial charge is 0.444 e. The molecule has 2 saturated heterocycles. The number of carbonyl (C=O) groups is 2. The van der Waals surface area contributed by atoms with Crippen LogP contribution in [-0.4, -0.2) is 64.9 Å². The average Bonchev–Trinajstić information content (AvgIpc) is 3.30. The van der Waals surface area contributed by atoms with Gasteiger partial charge in [0, 0.05) is 25.2 Å². The lowest BCUT2D eigenvalue weighted by Crippen LogP contribution is -2.45. The highest BCUT2D eigenvalue weighted by Crippen LogP contribution is 2.37. The summed E-state index contributed by atoms with van der Waals surface area (Å²) in [6.07, 6.45) is 1.50. The number of likely N-dealkylation sites (tertiary alicyclic amines) is 1. The van der Waals surface area contributed by atoms with Crippen molar-refractivity contribution in [1.29, 1.82) is 0 Å². The van der Waals surface area contributed by atoms with Crippen LogP contribution in [0, 0.1) is 0 Å². The molecule has 1 aromatic carbocycles. The zero-order valence-corrected chi connectivity index (χ0v) is 20.4. The molecule has 0 radical (unpaired) electrons. The number of fused-ring (bicyclic) bond motifs is 1. The van der Waals surface area contributed by atoms with Crippen molar-refractivity contribution >= 4 is 24.6 Å². The number of hydrogen-bond acceptors (Lipinski definition) is 5. The number of hydrogen-bond donors (Lipinski definition) is 0. The first-order valence-electron chi connectivity index (χ1n) is 11.5. The summed E-state index contributed by atoms with van der Waals surface area (Å²) in [5.74, 6) is -0.00518. The highest BCUT2D eigenvalue weighted by atomic mass is 16.7. The summed E-state index contributed by atoms with van der Waals surface area (Å²) in [6, 6.07) is 5.86. The Kier molecular flexibility index (Phi) is 5.61. The van der Waals surface area contributed by atoms with Crippen LogP contribution in [0.2, 0.25) is 0 Å². The number of carbonyl (C=O) groups excluding carboxylic acids is 2. The van der Waals surface area contributed by atoms with Crippen LogP contribution in [0.25, 0.3) is 0 Å². The first-order chi connectivity index (χ1) is 14.8. The van der Waals surface area contributed by atoms with Crippen LogP contribution in [0.1, 0.15) is 77.2 Å². The SMILES string of the molecule is CC(C)(C)OC(=O)N1CCCC1CN1Cc2ccc(B3OC(C)(C)C(C)(C)O3)cc2C1=O. The van der Waals surface area contributed by atoms with Gasteiger partial charge < -0.3 is 23.8 Å². The Morgan fingerprint density at radius 2 is 1.84 bits per heavy atom. The molecule has 174 valence electrons. The Labute approximate surface area is 191 Å². The lowest BCUT2D eigenvalue weighted by molar-refractivity contribution is 0.00578. The zero-order valence-electron chi connectivity index (χ0n) is 20.4. The summed E-state index contributed by atoms with van der Waals surface area (Å²) < 4.78 is 17.9. The number of amides is 2. The van der Waals surface area contributed by atoms with Gasteiger partial charge in [-0.2, -0.15) is 0 Å². The Morgan fingerprint density at radius 3 is 2.47 bits per heavy atom. The highest BCUT2D eigenvalue weighted by Gasteiger charge is 2.52. The Hall–Kier alpha value is -2.06. The molecular formula is C24H35BN2O5. The Morgan fingerprint density at radius 1 is 1.19 bits per heavy atom. The van der Waals surface area contributed by atoms with Crippen molar-refractivity contribution in [3.8, 4) is 0 Å². The zero-order chi connectivity index (χ0) is 23.5. The summed E-state index contributed by atoms with van der Waals surface area (Å²) in [5, 5.41) is 0. The summed E-state index contributed by atoms with van der Waals surface area (Å²) >= 11 is 0. The van der Waals surface area contributed by atoms with Gasteiger partial charge in [0.2, 0.25) is 0 Å². The van der Waals surface area contributed by atoms with Crippen molar-refractivity contribution in [2.75, 3.05) is 13.1 Å². The summed E-state index contributed by atoms with van der Waals surface area (Å²) in [6.45, 7) is 15.4. The van der Waals surface area contributed by atoms with Crippen LogP contribution in [0.5, 0.6) is 0 Å². The molecule has 0 spiro atoms. The van der Waals surface area contributed by atoms with E-state index in [1.54, 1.807) is 4.90 Å². The molecule has 3 aliphatic heterocycles. The summed E-state index contributed by atoms with van der Waals surface area (Å²) in [4.78, 5) is 29.4. The predicted molar refractivity (Wildman–Crippen MR) is 123 cm³/mol. The molecule has 2 fully saturated rings. The molecule has 1 unspecified atom stereocenters. The fraction of sp³-hybridized carbons (Fsp3) is 0.667. The van der Waals surface area contributed by atoms with Gasteiger partial charge in [-0.1, -0.05) is 12.1 Å². The van der Waals surface area contributed by atoms with Crippen molar-refractivity contribution in [2.45, 2.75) is 90.7 Å². The topological polar surface area (TPSA) is 68.3 Å². The molecule has 0 aromatic heterocycles. The Balaban J connectivity index is 1.46. The second-order valence-electron chi connectivity index (χ2n) is 11.2. The van der Waals surface area contributed by atoms with Gasteiger partial charge in [-0.05, 0) is 78.4 Å². The van der Waals surface area contributed by atoms with E-state index >= 15 is 0 Å². The van der Waals surface area contributed by atoms with E-state index in [1.165, 1.54) is 0 Å². The highest BCUT2D eigenvalue weighted by molar-refractivity contribution is 6.62. The van der Waals surface area contributed by atoms with Crippen LogP contribution in [0.4, 0.5) is 4.79 Å². The maximum Gasteiger partial charge on any atom is 0.494 e.